The lowest BCUT2D eigenvalue weighted by Gasteiger charge is -2.43. The quantitative estimate of drug-likeness (QED) is 0.413. The summed E-state index contributed by atoms with van der Waals surface area (Å²) in [6.07, 6.45) is -38.0. The molecular formula is C10H3F17. The fourth-order valence-corrected chi connectivity index (χ4v) is 1.75. The van der Waals surface area contributed by atoms with E-state index in [0.717, 1.165) is 0 Å². The fourth-order valence-electron chi connectivity index (χ4n) is 1.75. The van der Waals surface area contributed by atoms with Crippen molar-refractivity contribution in [1.82, 2.24) is 0 Å². The Morgan fingerprint density at radius 3 is 0.889 bits per heavy atom. The Bertz CT molecular complexity index is 505. The molecule has 0 fully saturated rings. The molecule has 0 aromatic heterocycles. The van der Waals surface area contributed by atoms with Gasteiger partial charge in [-0.05, 0) is 6.92 Å². The van der Waals surface area contributed by atoms with Crippen LogP contribution in [-0.2, 0) is 0 Å². The van der Waals surface area contributed by atoms with E-state index in [1.807, 2.05) is 0 Å². The van der Waals surface area contributed by atoms with E-state index in [-0.39, 0.29) is 0 Å². The van der Waals surface area contributed by atoms with Crippen LogP contribution in [0, 0.1) is 5.41 Å². The van der Waals surface area contributed by atoms with Crippen molar-refractivity contribution in [1.29, 1.82) is 0 Å². The molecule has 0 nitrogen and oxygen atoms in total. The van der Waals surface area contributed by atoms with Crippen molar-refractivity contribution in [3.05, 3.63) is 11.4 Å². The molecule has 0 aromatic carbocycles. The van der Waals surface area contributed by atoms with Crippen molar-refractivity contribution in [3.8, 4) is 0 Å². The summed E-state index contributed by atoms with van der Waals surface area (Å²) in [5.74, 6) is -5.18. The first-order valence-corrected chi connectivity index (χ1v) is 5.71. The molecule has 0 aliphatic heterocycles. The van der Waals surface area contributed by atoms with Gasteiger partial charge in [0.15, 0.2) is 5.41 Å². The van der Waals surface area contributed by atoms with Crippen LogP contribution < -0.4 is 0 Å². The van der Waals surface area contributed by atoms with E-state index >= 15 is 0 Å². The molecule has 0 N–H and O–H groups in total. The van der Waals surface area contributed by atoms with Gasteiger partial charge in [0, 0.05) is 0 Å². The Morgan fingerprint density at radius 1 is 0.481 bits per heavy atom. The number of hydrogen-bond acceptors (Lipinski definition) is 0. The number of allylic oxidation sites excluding steroid dienone is 2. The third-order valence-electron chi connectivity index (χ3n) is 3.23. The molecule has 0 saturated carbocycles. The van der Waals surface area contributed by atoms with Gasteiger partial charge < -0.3 is 0 Å². The van der Waals surface area contributed by atoms with E-state index in [1.165, 1.54) is 0 Å². The van der Waals surface area contributed by atoms with E-state index in [2.05, 4.69) is 0 Å². The largest absolute Gasteiger partial charge is 0.443 e. The number of halogens is 17. The first kappa shape index (κ1) is 25.6. The molecule has 27 heavy (non-hydrogen) atoms. The molecule has 0 aliphatic carbocycles. The van der Waals surface area contributed by atoms with Crippen LogP contribution in [-0.4, -0.2) is 36.6 Å². The topological polar surface area (TPSA) is 0 Å². The van der Waals surface area contributed by atoms with Crippen LogP contribution in [0.4, 0.5) is 74.6 Å². The predicted octanol–water partition coefficient (Wildman–Crippen LogP) is 6.74. The van der Waals surface area contributed by atoms with Crippen LogP contribution >= 0.6 is 0 Å². The maximum Gasteiger partial charge on any atom is 0.443 e. The zero-order chi connectivity index (χ0) is 22.7. The first-order chi connectivity index (χ1) is 11.3. The van der Waals surface area contributed by atoms with Crippen LogP contribution in [0.25, 0.3) is 0 Å². The highest BCUT2D eigenvalue weighted by atomic mass is 19.4. The third-order valence-corrected chi connectivity index (χ3v) is 3.23. The molecule has 0 unspecified atom stereocenters. The second-order valence-electron chi connectivity index (χ2n) is 4.96. The molecule has 0 spiro atoms. The van der Waals surface area contributed by atoms with Gasteiger partial charge in [-0.25, -0.2) is 8.78 Å². The second-order valence-corrected chi connectivity index (χ2v) is 4.96. The average molecular weight is 446 g/mol. The Labute approximate surface area is 136 Å². The highest BCUT2D eigenvalue weighted by molar-refractivity contribution is 5.37. The Kier molecular flexibility index (Phi) is 5.95. The van der Waals surface area contributed by atoms with Gasteiger partial charge in [0.25, 0.3) is 0 Å². The van der Waals surface area contributed by atoms with E-state index < -0.39 is 60.3 Å². The summed E-state index contributed by atoms with van der Waals surface area (Å²) in [7, 11) is 0. The molecule has 0 bridgehead atoms. The van der Waals surface area contributed by atoms with Gasteiger partial charge in [-0.3, -0.25) is 0 Å². The van der Waals surface area contributed by atoms with E-state index in [9.17, 15) is 74.6 Å². The van der Waals surface area contributed by atoms with Crippen molar-refractivity contribution >= 4 is 0 Å². The summed E-state index contributed by atoms with van der Waals surface area (Å²) in [4.78, 5) is 0. The van der Waals surface area contributed by atoms with Gasteiger partial charge in [0.2, 0.25) is 5.83 Å². The van der Waals surface area contributed by atoms with Crippen molar-refractivity contribution in [3.63, 3.8) is 0 Å². The van der Waals surface area contributed by atoms with Gasteiger partial charge in [-0.15, -0.1) is 0 Å². The molecule has 0 saturated heterocycles. The van der Waals surface area contributed by atoms with E-state index in [4.69, 9.17) is 0 Å². The smallest absolute Gasteiger partial charge is 0.218 e. The van der Waals surface area contributed by atoms with Crippen molar-refractivity contribution in [2.45, 2.75) is 43.5 Å². The Balaban J connectivity index is 7.82. The summed E-state index contributed by atoms with van der Waals surface area (Å²) < 4.78 is 215. The molecule has 0 aromatic rings. The minimum absolute atomic E-state index is 1.68. The highest BCUT2D eigenvalue weighted by Gasteiger charge is 2.85. The Morgan fingerprint density at radius 2 is 0.741 bits per heavy atom. The van der Waals surface area contributed by atoms with Gasteiger partial charge in [0.05, 0.1) is 5.57 Å². The summed E-state index contributed by atoms with van der Waals surface area (Å²) in [6, 6.07) is 0. The first-order valence-electron chi connectivity index (χ1n) is 5.71. The molecule has 0 rings (SSSR count). The van der Waals surface area contributed by atoms with Gasteiger partial charge >= 0.3 is 36.6 Å². The highest BCUT2D eigenvalue weighted by Crippen LogP contribution is 2.65. The van der Waals surface area contributed by atoms with Crippen LogP contribution in [0.1, 0.15) is 6.92 Å². The SMILES string of the molecule is CC(/C(=C(/F)C(F)(F)F)C(F)(C(F)(F)F)C(F)(F)F)(C(F)(F)F)C(F)(F)F. The van der Waals surface area contributed by atoms with Crippen molar-refractivity contribution < 1.29 is 74.6 Å². The van der Waals surface area contributed by atoms with Gasteiger partial charge in [0.1, 0.15) is 0 Å². The standard InChI is InChI=1S/C10H3F17/c1-4(7(16,17)18,8(19,20)21)2(3(11)6(13,14)15)5(12,9(22,23)24)10(25,26)27/h1H3/b3-2-. The lowest BCUT2D eigenvalue weighted by Crippen LogP contribution is -2.63. The van der Waals surface area contributed by atoms with Crippen LogP contribution in [0.5, 0.6) is 0 Å². The normalized spacial score (nSPS) is 17.1. The summed E-state index contributed by atoms with van der Waals surface area (Å²) in [5.41, 5.74) is -20.1. The molecule has 0 heterocycles. The second kappa shape index (κ2) is 6.28. The minimum atomic E-state index is -7.99. The number of hydrogen-bond donors (Lipinski definition) is 0. The monoisotopic (exact) mass is 446 g/mol. The summed E-state index contributed by atoms with van der Waals surface area (Å²) >= 11 is 0. The van der Waals surface area contributed by atoms with Gasteiger partial charge in [-0.2, -0.15) is 65.9 Å². The lowest BCUT2D eigenvalue weighted by molar-refractivity contribution is -0.362. The van der Waals surface area contributed by atoms with E-state index in [0.29, 0.717) is 0 Å². The Hall–Kier alpha value is -1.45. The molecule has 0 radical (unpaired) electrons. The molecule has 0 amide bonds. The molecular weight excluding hydrogens is 443 g/mol. The third kappa shape index (κ3) is 3.90. The molecule has 17 heteroatoms. The maximum absolute atomic E-state index is 13.8. The van der Waals surface area contributed by atoms with E-state index in [1.54, 1.807) is 0 Å². The zero-order valence-electron chi connectivity index (χ0n) is 11.9. The zero-order valence-corrected chi connectivity index (χ0v) is 11.9. The summed E-state index contributed by atoms with van der Waals surface area (Å²) in [5, 5.41) is 0. The molecule has 0 aliphatic rings. The predicted molar refractivity (Wildman–Crippen MR) is 50.4 cm³/mol. The number of rotatable bonds is 2. The molecule has 0 atom stereocenters. The fraction of sp³-hybridized carbons (Fsp3) is 0.800. The van der Waals surface area contributed by atoms with Crippen LogP contribution in [0.2, 0.25) is 0 Å². The van der Waals surface area contributed by atoms with Crippen LogP contribution in [0.15, 0.2) is 11.4 Å². The molecule has 162 valence electrons. The lowest BCUT2D eigenvalue weighted by atomic mass is 9.71. The summed E-state index contributed by atoms with van der Waals surface area (Å²) in [6.45, 7) is -1.68. The number of alkyl halides is 16. The van der Waals surface area contributed by atoms with Crippen molar-refractivity contribution in [2.75, 3.05) is 0 Å². The average Bonchev–Trinajstić information content (AvgIpc) is 2.31. The maximum atomic E-state index is 13.8. The minimum Gasteiger partial charge on any atom is -0.218 e. The van der Waals surface area contributed by atoms with Crippen LogP contribution in [0.3, 0.4) is 0 Å². The van der Waals surface area contributed by atoms with Gasteiger partial charge in [-0.1, -0.05) is 0 Å². The van der Waals surface area contributed by atoms with Crippen molar-refractivity contribution in [2.24, 2.45) is 5.41 Å².